The van der Waals surface area contributed by atoms with Crippen LogP contribution in [0.5, 0.6) is 5.75 Å². The molecule has 26 heavy (non-hydrogen) atoms. The standard InChI is InChI=1S/C20H25N3O3/c1-12-9-17(15(4)23(12)19-10-13(2)26-22-19)11-21-14(3)20(25)16-5-7-18(24)8-6-16/h5-10,14,20-21,24-25H,11H2,1-4H3/t14-,20-/m1/s1. The fraction of sp³-hybridized carbons (Fsp3) is 0.350. The summed E-state index contributed by atoms with van der Waals surface area (Å²) in [6.45, 7) is 8.54. The average molecular weight is 355 g/mol. The third kappa shape index (κ3) is 3.66. The lowest BCUT2D eigenvalue weighted by atomic mass is 10.0. The predicted molar refractivity (Wildman–Crippen MR) is 99.4 cm³/mol. The number of hydrogen-bond donors (Lipinski definition) is 3. The first-order chi connectivity index (χ1) is 12.4. The summed E-state index contributed by atoms with van der Waals surface area (Å²) in [7, 11) is 0. The lowest BCUT2D eigenvalue weighted by Crippen LogP contribution is -2.31. The molecule has 0 aliphatic heterocycles. The van der Waals surface area contributed by atoms with Crippen LogP contribution in [0.2, 0.25) is 0 Å². The average Bonchev–Trinajstić information content (AvgIpc) is 3.15. The van der Waals surface area contributed by atoms with Crippen LogP contribution in [0.25, 0.3) is 5.82 Å². The molecule has 1 aromatic carbocycles. The summed E-state index contributed by atoms with van der Waals surface area (Å²) in [5.74, 6) is 1.75. The smallest absolute Gasteiger partial charge is 0.180 e. The molecule has 0 spiro atoms. The van der Waals surface area contributed by atoms with Gasteiger partial charge >= 0.3 is 0 Å². The van der Waals surface area contributed by atoms with Gasteiger partial charge in [0.2, 0.25) is 0 Å². The van der Waals surface area contributed by atoms with Gasteiger partial charge in [-0.2, -0.15) is 0 Å². The van der Waals surface area contributed by atoms with Crippen LogP contribution in [0.3, 0.4) is 0 Å². The van der Waals surface area contributed by atoms with Gasteiger partial charge in [-0.3, -0.25) is 0 Å². The van der Waals surface area contributed by atoms with E-state index in [2.05, 4.69) is 28.0 Å². The number of aromatic nitrogens is 2. The Morgan fingerprint density at radius 1 is 1.15 bits per heavy atom. The molecular weight excluding hydrogens is 330 g/mol. The van der Waals surface area contributed by atoms with Gasteiger partial charge in [-0.05, 0) is 57.0 Å². The maximum atomic E-state index is 10.5. The lowest BCUT2D eigenvalue weighted by Gasteiger charge is -2.21. The Kier molecular flexibility index (Phi) is 5.15. The molecule has 0 unspecified atom stereocenters. The summed E-state index contributed by atoms with van der Waals surface area (Å²) in [5, 5.41) is 27.3. The van der Waals surface area contributed by atoms with E-state index in [1.165, 1.54) is 0 Å². The van der Waals surface area contributed by atoms with Crippen LogP contribution in [0.1, 0.15) is 41.3 Å². The second-order valence-electron chi connectivity index (χ2n) is 6.73. The van der Waals surface area contributed by atoms with Crippen LogP contribution in [-0.2, 0) is 6.54 Å². The van der Waals surface area contributed by atoms with Gasteiger partial charge in [0.1, 0.15) is 11.5 Å². The second-order valence-corrected chi connectivity index (χ2v) is 6.73. The van der Waals surface area contributed by atoms with E-state index < -0.39 is 6.10 Å². The topological polar surface area (TPSA) is 83.5 Å². The van der Waals surface area contributed by atoms with Gasteiger partial charge in [0.05, 0.1) is 6.10 Å². The molecule has 0 aliphatic rings. The minimum absolute atomic E-state index is 0.142. The number of aromatic hydroxyl groups is 1. The van der Waals surface area contributed by atoms with Crippen molar-refractivity contribution in [1.82, 2.24) is 15.0 Å². The summed E-state index contributed by atoms with van der Waals surface area (Å²) in [5.41, 5.74) is 4.09. The number of hydrogen-bond acceptors (Lipinski definition) is 5. The van der Waals surface area contributed by atoms with Crippen molar-refractivity contribution in [3.05, 3.63) is 64.7 Å². The normalized spacial score (nSPS) is 13.7. The minimum atomic E-state index is -0.655. The molecule has 0 saturated heterocycles. The summed E-state index contributed by atoms with van der Waals surface area (Å²) in [6, 6.07) is 10.5. The first-order valence-electron chi connectivity index (χ1n) is 8.68. The number of rotatable bonds is 6. The Labute approximate surface area is 153 Å². The Balaban J connectivity index is 1.70. The largest absolute Gasteiger partial charge is 0.508 e. The number of phenolic OH excluding ortho intramolecular Hbond substituents is 1. The molecule has 2 heterocycles. The van der Waals surface area contributed by atoms with Crippen molar-refractivity contribution in [3.8, 4) is 11.6 Å². The first-order valence-corrected chi connectivity index (χ1v) is 8.68. The number of nitrogens with one attached hydrogen (secondary N) is 1. The third-order valence-corrected chi connectivity index (χ3v) is 4.70. The molecule has 6 nitrogen and oxygen atoms in total. The molecule has 0 fully saturated rings. The van der Waals surface area contributed by atoms with Crippen LogP contribution < -0.4 is 5.32 Å². The van der Waals surface area contributed by atoms with Crippen molar-refractivity contribution in [2.75, 3.05) is 0 Å². The second kappa shape index (κ2) is 7.35. The Hall–Kier alpha value is -2.57. The van der Waals surface area contributed by atoms with Crippen LogP contribution in [0.4, 0.5) is 0 Å². The predicted octanol–water partition coefficient (Wildman–Crippen LogP) is 3.31. The quantitative estimate of drug-likeness (QED) is 0.632. The molecule has 3 aromatic rings. The molecule has 0 radical (unpaired) electrons. The highest BCUT2D eigenvalue weighted by Crippen LogP contribution is 2.23. The van der Waals surface area contributed by atoms with Crippen molar-refractivity contribution in [2.24, 2.45) is 0 Å². The van der Waals surface area contributed by atoms with Crippen LogP contribution in [0.15, 0.2) is 40.9 Å². The zero-order valence-electron chi connectivity index (χ0n) is 15.5. The fourth-order valence-corrected chi connectivity index (χ4v) is 3.16. The lowest BCUT2D eigenvalue weighted by molar-refractivity contribution is 0.135. The fourth-order valence-electron chi connectivity index (χ4n) is 3.16. The molecule has 3 N–H and O–H groups in total. The van der Waals surface area contributed by atoms with E-state index in [0.29, 0.717) is 6.54 Å². The van der Waals surface area contributed by atoms with Crippen LogP contribution in [0, 0.1) is 20.8 Å². The van der Waals surface area contributed by atoms with Crippen molar-refractivity contribution in [1.29, 1.82) is 0 Å². The molecule has 138 valence electrons. The molecule has 0 bridgehead atoms. The van der Waals surface area contributed by atoms with Gasteiger partial charge in [0.15, 0.2) is 5.82 Å². The van der Waals surface area contributed by atoms with E-state index >= 15 is 0 Å². The van der Waals surface area contributed by atoms with Crippen molar-refractivity contribution >= 4 is 0 Å². The SMILES string of the molecule is Cc1cc(-n2c(C)cc(CN[C@H](C)[C@@H](O)c3ccc(O)cc3)c2C)no1. The van der Waals surface area contributed by atoms with E-state index in [-0.39, 0.29) is 11.8 Å². The van der Waals surface area contributed by atoms with Gasteiger partial charge in [-0.25, -0.2) is 0 Å². The number of phenols is 1. The Morgan fingerprint density at radius 2 is 1.85 bits per heavy atom. The monoisotopic (exact) mass is 355 g/mol. The van der Waals surface area contributed by atoms with Gasteiger partial charge in [0, 0.05) is 30.0 Å². The number of aliphatic hydroxyl groups is 1. The van der Waals surface area contributed by atoms with Crippen molar-refractivity contribution in [3.63, 3.8) is 0 Å². The Morgan fingerprint density at radius 3 is 2.46 bits per heavy atom. The molecule has 0 amide bonds. The van der Waals surface area contributed by atoms with Crippen LogP contribution >= 0.6 is 0 Å². The van der Waals surface area contributed by atoms with E-state index in [0.717, 1.165) is 34.1 Å². The van der Waals surface area contributed by atoms with Gasteiger partial charge in [-0.15, -0.1) is 0 Å². The highest BCUT2D eigenvalue weighted by atomic mass is 16.5. The number of aliphatic hydroxyl groups excluding tert-OH is 1. The summed E-state index contributed by atoms with van der Waals surface area (Å²) < 4.78 is 7.25. The molecule has 3 rings (SSSR count). The number of nitrogens with zero attached hydrogens (tertiary/aromatic N) is 2. The van der Waals surface area contributed by atoms with Crippen molar-refractivity contribution < 1.29 is 14.7 Å². The van der Waals surface area contributed by atoms with Crippen LogP contribution in [-0.4, -0.2) is 26.0 Å². The summed E-state index contributed by atoms with van der Waals surface area (Å²) in [4.78, 5) is 0. The third-order valence-electron chi connectivity index (χ3n) is 4.70. The highest BCUT2D eigenvalue weighted by molar-refractivity contribution is 5.36. The first kappa shape index (κ1) is 18.2. The van der Waals surface area contributed by atoms with Gasteiger partial charge < -0.3 is 24.6 Å². The maximum Gasteiger partial charge on any atom is 0.180 e. The van der Waals surface area contributed by atoms with Gasteiger partial charge in [-0.1, -0.05) is 17.3 Å². The maximum absolute atomic E-state index is 10.5. The van der Waals surface area contributed by atoms with E-state index in [4.69, 9.17) is 4.52 Å². The summed E-state index contributed by atoms with van der Waals surface area (Å²) in [6.07, 6.45) is -0.655. The molecule has 2 atom stereocenters. The highest BCUT2D eigenvalue weighted by Gasteiger charge is 2.18. The van der Waals surface area contributed by atoms with E-state index in [9.17, 15) is 10.2 Å². The molecule has 2 aromatic heterocycles. The molecule has 0 saturated carbocycles. The molecule has 0 aliphatic carbocycles. The zero-order valence-corrected chi connectivity index (χ0v) is 15.5. The van der Waals surface area contributed by atoms with E-state index in [1.807, 2.05) is 26.8 Å². The van der Waals surface area contributed by atoms with Crippen molar-refractivity contribution in [2.45, 2.75) is 46.4 Å². The molecule has 6 heteroatoms. The minimum Gasteiger partial charge on any atom is -0.508 e. The summed E-state index contributed by atoms with van der Waals surface area (Å²) >= 11 is 0. The molecular formula is C20H25N3O3. The van der Waals surface area contributed by atoms with Gasteiger partial charge in [0.25, 0.3) is 0 Å². The Bertz CT molecular complexity index is 880. The van der Waals surface area contributed by atoms with E-state index in [1.54, 1.807) is 24.3 Å². The zero-order chi connectivity index (χ0) is 18.8. The number of aryl methyl sites for hydroxylation is 2. The number of benzene rings is 1.